The van der Waals surface area contributed by atoms with Crippen LogP contribution in [0.2, 0.25) is 0 Å². The summed E-state index contributed by atoms with van der Waals surface area (Å²) in [5.41, 5.74) is -0.684. The molecular weight excluding hydrogens is 273 g/mol. The van der Waals surface area contributed by atoms with Crippen molar-refractivity contribution in [2.45, 2.75) is 18.7 Å². The predicted octanol–water partition coefficient (Wildman–Crippen LogP) is 1.71. The van der Waals surface area contributed by atoms with E-state index >= 15 is 0 Å². The van der Waals surface area contributed by atoms with Gasteiger partial charge in [0.2, 0.25) is 5.91 Å². The number of alkyl halides is 3. The number of carbonyl (C=O) groups excluding carboxylic acids is 1. The minimum Gasteiger partial charge on any atom is -0.392 e. The first-order valence-electron chi connectivity index (χ1n) is 6.22. The third kappa shape index (κ3) is 3.94. The summed E-state index contributed by atoms with van der Waals surface area (Å²) in [7, 11) is 0. The molecule has 1 aliphatic heterocycles. The minimum absolute atomic E-state index is 0.0628. The van der Waals surface area contributed by atoms with Gasteiger partial charge in [-0.25, -0.2) is 0 Å². The molecule has 110 valence electrons. The highest BCUT2D eigenvalue weighted by atomic mass is 19.4. The van der Waals surface area contributed by atoms with Crippen molar-refractivity contribution < 1.29 is 23.1 Å². The molecule has 1 fully saturated rings. The molecule has 1 atom stereocenters. The molecule has 1 amide bonds. The third-order valence-corrected chi connectivity index (χ3v) is 3.09. The third-order valence-electron chi connectivity index (χ3n) is 3.09. The van der Waals surface area contributed by atoms with Gasteiger partial charge in [-0.3, -0.25) is 9.69 Å². The van der Waals surface area contributed by atoms with E-state index in [1.807, 2.05) is 0 Å². The van der Waals surface area contributed by atoms with Gasteiger partial charge in [0.05, 0.1) is 18.2 Å². The Bertz CT molecular complexity index is 491. The normalized spacial score (nSPS) is 20.1. The van der Waals surface area contributed by atoms with Crippen molar-refractivity contribution in [2.24, 2.45) is 0 Å². The van der Waals surface area contributed by atoms with E-state index in [1.54, 1.807) is 4.90 Å². The smallest absolute Gasteiger partial charge is 0.392 e. The van der Waals surface area contributed by atoms with Crippen LogP contribution in [-0.2, 0) is 11.0 Å². The first kappa shape index (κ1) is 14.8. The number of nitrogens with one attached hydrogen (secondary N) is 1. The van der Waals surface area contributed by atoms with Gasteiger partial charge in [-0.1, -0.05) is 6.07 Å². The molecule has 1 saturated heterocycles. The summed E-state index contributed by atoms with van der Waals surface area (Å²) >= 11 is 0. The molecule has 2 rings (SSSR count). The van der Waals surface area contributed by atoms with E-state index in [9.17, 15) is 23.1 Å². The summed E-state index contributed by atoms with van der Waals surface area (Å²) in [6.45, 7) is 1.08. The Morgan fingerprint density at radius 1 is 1.45 bits per heavy atom. The van der Waals surface area contributed by atoms with Gasteiger partial charge in [0, 0.05) is 18.8 Å². The van der Waals surface area contributed by atoms with E-state index in [1.165, 1.54) is 12.1 Å². The molecule has 0 aromatic heterocycles. The molecule has 2 N–H and O–H groups in total. The zero-order valence-corrected chi connectivity index (χ0v) is 10.7. The van der Waals surface area contributed by atoms with Crippen LogP contribution in [0, 0.1) is 0 Å². The molecule has 1 unspecified atom stereocenters. The van der Waals surface area contributed by atoms with E-state index in [4.69, 9.17) is 0 Å². The average Bonchev–Trinajstić information content (AvgIpc) is 2.73. The number of β-amino-alcohol motifs (C(OH)–C–C–N with tert-alkyl or cyclic N) is 1. The number of nitrogens with zero attached hydrogens (tertiary/aromatic N) is 1. The second-order valence-electron chi connectivity index (χ2n) is 4.80. The van der Waals surface area contributed by atoms with Crippen molar-refractivity contribution >= 4 is 11.6 Å². The molecule has 0 bridgehead atoms. The number of benzene rings is 1. The van der Waals surface area contributed by atoms with E-state index in [0.717, 1.165) is 12.1 Å². The van der Waals surface area contributed by atoms with Crippen LogP contribution in [0.3, 0.4) is 0 Å². The van der Waals surface area contributed by atoms with Gasteiger partial charge in [-0.2, -0.15) is 13.2 Å². The molecule has 1 aliphatic rings. The number of rotatable bonds is 3. The van der Waals surface area contributed by atoms with Crippen LogP contribution in [0.25, 0.3) is 0 Å². The summed E-state index contributed by atoms with van der Waals surface area (Å²) < 4.78 is 37.6. The highest BCUT2D eigenvalue weighted by Gasteiger charge is 2.30. The van der Waals surface area contributed by atoms with Crippen LogP contribution in [0.1, 0.15) is 12.0 Å². The summed E-state index contributed by atoms with van der Waals surface area (Å²) in [5.74, 6) is -0.390. The van der Waals surface area contributed by atoms with Crippen LogP contribution in [0.15, 0.2) is 24.3 Å². The fraction of sp³-hybridized carbons (Fsp3) is 0.462. The zero-order valence-electron chi connectivity index (χ0n) is 10.7. The van der Waals surface area contributed by atoms with E-state index < -0.39 is 23.8 Å². The van der Waals surface area contributed by atoms with E-state index in [-0.39, 0.29) is 12.2 Å². The molecule has 0 radical (unpaired) electrons. The lowest BCUT2D eigenvalue weighted by Gasteiger charge is -2.15. The molecule has 0 aliphatic carbocycles. The number of hydrogen-bond acceptors (Lipinski definition) is 3. The van der Waals surface area contributed by atoms with Crippen LogP contribution < -0.4 is 5.32 Å². The number of halogens is 3. The fourth-order valence-electron chi connectivity index (χ4n) is 2.13. The van der Waals surface area contributed by atoms with Crippen molar-refractivity contribution in [2.75, 3.05) is 25.0 Å². The first-order chi connectivity index (χ1) is 9.34. The molecule has 1 aromatic carbocycles. The number of aliphatic hydroxyl groups excluding tert-OH is 1. The Morgan fingerprint density at radius 2 is 2.20 bits per heavy atom. The Kier molecular flexibility index (Phi) is 4.29. The molecule has 4 nitrogen and oxygen atoms in total. The van der Waals surface area contributed by atoms with Crippen LogP contribution in [0.4, 0.5) is 18.9 Å². The fourth-order valence-corrected chi connectivity index (χ4v) is 2.13. The molecule has 0 saturated carbocycles. The maximum Gasteiger partial charge on any atom is 0.416 e. The summed E-state index contributed by atoms with van der Waals surface area (Å²) in [6.07, 6.45) is -4.26. The Balaban J connectivity index is 1.94. The lowest BCUT2D eigenvalue weighted by atomic mass is 10.2. The van der Waals surface area contributed by atoms with Gasteiger partial charge in [0.15, 0.2) is 0 Å². The molecule has 1 heterocycles. The Labute approximate surface area is 114 Å². The molecular formula is C13H15F3N2O2. The first-order valence-corrected chi connectivity index (χ1v) is 6.22. The number of aliphatic hydroxyl groups is 1. The number of amides is 1. The molecule has 20 heavy (non-hydrogen) atoms. The van der Waals surface area contributed by atoms with Crippen LogP contribution in [0.5, 0.6) is 0 Å². The lowest BCUT2D eigenvalue weighted by molar-refractivity contribution is -0.137. The summed E-state index contributed by atoms with van der Waals surface area (Å²) in [4.78, 5) is 13.5. The summed E-state index contributed by atoms with van der Waals surface area (Å²) in [5, 5.41) is 11.8. The van der Waals surface area contributed by atoms with Crippen LogP contribution >= 0.6 is 0 Å². The summed E-state index contributed by atoms with van der Waals surface area (Å²) in [6, 6.07) is 4.51. The van der Waals surface area contributed by atoms with Gasteiger partial charge in [-0.15, -0.1) is 0 Å². The highest BCUT2D eigenvalue weighted by Crippen LogP contribution is 2.30. The standard InChI is InChI=1S/C13H15F3N2O2/c14-13(15,16)9-2-1-3-10(6-9)17-12(20)8-18-5-4-11(19)7-18/h1-3,6,11,19H,4-5,7-8H2,(H,17,20). The van der Waals surface area contributed by atoms with Crippen molar-refractivity contribution in [3.63, 3.8) is 0 Å². The van der Waals surface area contributed by atoms with Crippen LogP contribution in [-0.4, -0.2) is 41.7 Å². The number of likely N-dealkylation sites (tertiary alicyclic amines) is 1. The van der Waals surface area contributed by atoms with Gasteiger partial charge in [0.1, 0.15) is 0 Å². The maximum atomic E-state index is 12.5. The molecule has 1 aromatic rings. The van der Waals surface area contributed by atoms with E-state index in [2.05, 4.69) is 5.32 Å². The van der Waals surface area contributed by atoms with Crippen molar-refractivity contribution in [3.8, 4) is 0 Å². The van der Waals surface area contributed by atoms with Crippen molar-refractivity contribution in [1.82, 2.24) is 4.90 Å². The minimum atomic E-state index is -4.43. The topological polar surface area (TPSA) is 52.6 Å². The highest BCUT2D eigenvalue weighted by molar-refractivity contribution is 5.92. The van der Waals surface area contributed by atoms with Gasteiger partial charge in [-0.05, 0) is 24.6 Å². The van der Waals surface area contributed by atoms with Gasteiger partial charge in [0.25, 0.3) is 0 Å². The monoisotopic (exact) mass is 288 g/mol. The maximum absolute atomic E-state index is 12.5. The quantitative estimate of drug-likeness (QED) is 0.890. The molecule has 7 heteroatoms. The SMILES string of the molecule is O=C(CN1CCC(O)C1)Nc1cccc(C(F)(F)F)c1. The van der Waals surface area contributed by atoms with Crippen molar-refractivity contribution in [3.05, 3.63) is 29.8 Å². The van der Waals surface area contributed by atoms with E-state index in [0.29, 0.717) is 19.5 Å². The molecule has 0 spiro atoms. The number of carbonyl (C=O) groups is 1. The Hall–Kier alpha value is -1.60. The zero-order chi connectivity index (χ0) is 14.8. The average molecular weight is 288 g/mol. The number of hydrogen-bond donors (Lipinski definition) is 2. The second kappa shape index (κ2) is 5.80. The van der Waals surface area contributed by atoms with Crippen molar-refractivity contribution in [1.29, 1.82) is 0 Å². The Morgan fingerprint density at radius 3 is 2.80 bits per heavy atom. The van der Waals surface area contributed by atoms with Gasteiger partial charge >= 0.3 is 6.18 Å². The predicted molar refractivity (Wildman–Crippen MR) is 67.1 cm³/mol. The van der Waals surface area contributed by atoms with Gasteiger partial charge < -0.3 is 10.4 Å². The second-order valence-corrected chi connectivity index (χ2v) is 4.80. The number of anilines is 1. The largest absolute Gasteiger partial charge is 0.416 e. The lowest BCUT2D eigenvalue weighted by Crippen LogP contribution is -2.32.